The van der Waals surface area contributed by atoms with E-state index in [0.717, 1.165) is 22.0 Å². The fourth-order valence-electron chi connectivity index (χ4n) is 4.95. The van der Waals surface area contributed by atoms with Crippen LogP contribution in [0.4, 0.5) is 11.4 Å². The van der Waals surface area contributed by atoms with E-state index < -0.39 is 18.1 Å². The van der Waals surface area contributed by atoms with Crippen molar-refractivity contribution in [2.75, 3.05) is 17.1 Å². The number of ether oxygens (including phenoxy) is 1. The van der Waals surface area contributed by atoms with Crippen LogP contribution in [0.3, 0.4) is 0 Å². The Bertz CT molecular complexity index is 1400. The second-order valence-corrected chi connectivity index (χ2v) is 8.48. The minimum atomic E-state index is -0.907. The predicted octanol–water partition coefficient (Wildman–Crippen LogP) is 4.90. The van der Waals surface area contributed by atoms with Gasteiger partial charge in [0.1, 0.15) is 11.7 Å². The van der Waals surface area contributed by atoms with Crippen LogP contribution in [0.5, 0.6) is 5.75 Å². The summed E-state index contributed by atoms with van der Waals surface area (Å²) >= 11 is 0. The van der Waals surface area contributed by atoms with Gasteiger partial charge in [0.25, 0.3) is 5.91 Å². The molecule has 0 aliphatic carbocycles. The van der Waals surface area contributed by atoms with Crippen molar-refractivity contribution in [3.8, 4) is 5.75 Å². The van der Waals surface area contributed by atoms with Gasteiger partial charge in [0.15, 0.2) is 6.10 Å². The second kappa shape index (κ2) is 8.01. The topological polar surface area (TPSA) is 59.1 Å². The Kier molecular flexibility index (Phi) is 4.81. The molecule has 0 unspecified atom stereocenters. The van der Waals surface area contributed by atoms with Gasteiger partial charge in [0.05, 0.1) is 24.5 Å². The molecule has 0 N–H and O–H groups in total. The molecule has 2 amide bonds. The lowest BCUT2D eigenvalue weighted by molar-refractivity contribution is -0.126. The van der Waals surface area contributed by atoms with Gasteiger partial charge in [-0.25, -0.2) is 9.96 Å². The van der Waals surface area contributed by atoms with Crippen molar-refractivity contribution in [1.29, 1.82) is 0 Å². The van der Waals surface area contributed by atoms with E-state index in [0.29, 0.717) is 11.4 Å². The second-order valence-electron chi connectivity index (χ2n) is 8.48. The molecule has 2 saturated heterocycles. The molecule has 168 valence electrons. The Hall–Kier alpha value is -4.16. The minimum absolute atomic E-state index is 0.267. The third-order valence-electron chi connectivity index (χ3n) is 6.55. The first-order valence-electron chi connectivity index (χ1n) is 11.2. The normalized spacial score (nSPS) is 21.9. The zero-order valence-electron chi connectivity index (χ0n) is 18.5. The third-order valence-corrected chi connectivity index (χ3v) is 6.55. The van der Waals surface area contributed by atoms with Crippen LogP contribution in [0.15, 0.2) is 97.1 Å². The van der Waals surface area contributed by atoms with Gasteiger partial charge in [0.2, 0.25) is 5.91 Å². The molecule has 4 aromatic carbocycles. The predicted molar refractivity (Wildman–Crippen MR) is 129 cm³/mol. The maximum atomic E-state index is 13.8. The molecule has 0 aromatic heterocycles. The first-order valence-corrected chi connectivity index (χ1v) is 11.2. The van der Waals surface area contributed by atoms with Gasteiger partial charge in [-0.2, -0.15) is 0 Å². The quantitative estimate of drug-likeness (QED) is 0.414. The van der Waals surface area contributed by atoms with E-state index in [1.54, 1.807) is 12.2 Å². The van der Waals surface area contributed by atoms with E-state index in [1.807, 2.05) is 97.1 Å². The highest BCUT2D eigenvalue weighted by Gasteiger charge is 2.60. The van der Waals surface area contributed by atoms with Gasteiger partial charge in [-0.15, -0.1) is 0 Å². The Morgan fingerprint density at radius 2 is 1.50 bits per heavy atom. The van der Waals surface area contributed by atoms with Gasteiger partial charge < -0.3 is 4.74 Å². The molecule has 3 atom stereocenters. The van der Waals surface area contributed by atoms with Gasteiger partial charge in [-0.3, -0.25) is 14.4 Å². The highest BCUT2D eigenvalue weighted by atomic mass is 16.7. The molecule has 0 saturated carbocycles. The summed E-state index contributed by atoms with van der Waals surface area (Å²) in [6.07, 6.45) is -0.907. The highest BCUT2D eigenvalue weighted by Crippen LogP contribution is 2.48. The molecule has 6 nitrogen and oxygen atoms in total. The van der Waals surface area contributed by atoms with Crippen molar-refractivity contribution in [2.45, 2.75) is 12.1 Å². The molecule has 6 rings (SSSR count). The molecule has 2 heterocycles. The smallest absolute Gasteiger partial charge is 0.266 e. The number of fused-ring (bicyclic) bond motifs is 2. The zero-order valence-corrected chi connectivity index (χ0v) is 18.5. The fourth-order valence-corrected chi connectivity index (χ4v) is 4.95. The van der Waals surface area contributed by atoms with Crippen LogP contribution in [-0.2, 0) is 14.4 Å². The Morgan fingerprint density at radius 3 is 2.29 bits per heavy atom. The summed E-state index contributed by atoms with van der Waals surface area (Å²) < 4.78 is 5.42. The number of carbonyl (C=O) groups excluding carboxylic acids is 2. The molecular weight excluding hydrogens is 428 g/mol. The van der Waals surface area contributed by atoms with E-state index in [9.17, 15) is 9.59 Å². The number of para-hydroxylation sites is 1. The van der Waals surface area contributed by atoms with Crippen molar-refractivity contribution >= 4 is 34.0 Å². The molecule has 0 bridgehead atoms. The van der Waals surface area contributed by atoms with E-state index in [-0.39, 0.29) is 11.8 Å². The number of hydrogen-bond donors (Lipinski definition) is 0. The molecule has 0 radical (unpaired) electrons. The molecular formula is C28H22N2O4. The number of imide groups is 1. The lowest BCUT2D eigenvalue weighted by Crippen LogP contribution is -2.37. The highest BCUT2D eigenvalue weighted by molar-refractivity contribution is 6.24. The average molecular weight is 450 g/mol. The van der Waals surface area contributed by atoms with E-state index in [1.165, 1.54) is 4.90 Å². The standard InChI is InChI=1S/C28H22N2O4/c1-33-23-13-7-10-20(17-23)25-24-26(34-30(25)21-11-3-2-4-12-21)28(32)29(27(24)31)22-15-14-18-8-5-6-9-19(18)16-22/h2-17,24-26H,1H3/t24-,25-,26-/m1/s1. The van der Waals surface area contributed by atoms with Crippen LogP contribution in [0.1, 0.15) is 11.6 Å². The molecule has 2 aliphatic heterocycles. The Balaban J connectivity index is 1.44. The molecule has 0 spiro atoms. The lowest BCUT2D eigenvalue weighted by Gasteiger charge is -2.29. The molecule has 6 heteroatoms. The summed E-state index contributed by atoms with van der Waals surface area (Å²) in [5, 5.41) is 3.71. The monoisotopic (exact) mass is 450 g/mol. The number of nitrogens with zero attached hydrogens (tertiary/aromatic N) is 2. The van der Waals surface area contributed by atoms with Crippen LogP contribution in [0, 0.1) is 5.92 Å². The molecule has 4 aromatic rings. The van der Waals surface area contributed by atoms with Crippen LogP contribution in [-0.4, -0.2) is 25.0 Å². The number of benzene rings is 4. The van der Waals surface area contributed by atoms with Crippen LogP contribution in [0.2, 0.25) is 0 Å². The summed E-state index contributed by atoms with van der Waals surface area (Å²) in [6, 6.07) is 30.1. The van der Waals surface area contributed by atoms with Gasteiger partial charge in [-0.1, -0.05) is 60.7 Å². The van der Waals surface area contributed by atoms with Crippen LogP contribution in [0.25, 0.3) is 10.8 Å². The molecule has 2 aliphatic rings. The number of amides is 2. The van der Waals surface area contributed by atoms with Crippen LogP contribution < -0.4 is 14.7 Å². The SMILES string of the molecule is COc1cccc([C@@H]2[C@H]3C(=O)N(c4ccc5ccccc5c4)C(=O)[C@@H]3ON2c2ccccc2)c1. The average Bonchev–Trinajstić information content (AvgIpc) is 3.40. The van der Waals surface area contributed by atoms with E-state index in [4.69, 9.17) is 9.57 Å². The number of rotatable bonds is 4. The lowest BCUT2D eigenvalue weighted by atomic mass is 9.90. The number of hydroxylamine groups is 1. The van der Waals surface area contributed by atoms with Crippen molar-refractivity contribution < 1.29 is 19.2 Å². The van der Waals surface area contributed by atoms with Crippen molar-refractivity contribution in [3.05, 3.63) is 103 Å². The summed E-state index contributed by atoms with van der Waals surface area (Å²) in [6.45, 7) is 0. The first-order chi connectivity index (χ1) is 16.7. The summed E-state index contributed by atoms with van der Waals surface area (Å²) in [7, 11) is 1.60. The first kappa shape index (κ1) is 20.4. The maximum Gasteiger partial charge on any atom is 0.266 e. The van der Waals surface area contributed by atoms with E-state index >= 15 is 0 Å². The Labute approximate surface area is 196 Å². The number of hydrogen-bond acceptors (Lipinski definition) is 5. The largest absolute Gasteiger partial charge is 0.497 e. The minimum Gasteiger partial charge on any atom is -0.497 e. The van der Waals surface area contributed by atoms with Crippen molar-refractivity contribution in [1.82, 2.24) is 0 Å². The van der Waals surface area contributed by atoms with Gasteiger partial charge >= 0.3 is 0 Å². The van der Waals surface area contributed by atoms with E-state index in [2.05, 4.69) is 0 Å². The summed E-state index contributed by atoms with van der Waals surface area (Å²) in [5.41, 5.74) is 2.18. The summed E-state index contributed by atoms with van der Waals surface area (Å²) in [4.78, 5) is 34.8. The van der Waals surface area contributed by atoms with Gasteiger partial charge in [0, 0.05) is 0 Å². The van der Waals surface area contributed by atoms with Crippen LogP contribution >= 0.6 is 0 Å². The molecule has 34 heavy (non-hydrogen) atoms. The Morgan fingerprint density at radius 1 is 0.735 bits per heavy atom. The molecule has 2 fully saturated rings. The zero-order chi connectivity index (χ0) is 23.2. The fraction of sp³-hybridized carbons (Fsp3) is 0.143. The van der Waals surface area contributed by atoms with Crippen molar-refractivity contribution in [3.63, 3.8) is 0 Å². The summed E-state index contributed by atoms with van der Waals surface area (Å²) in [5.74, 6) is -0.628. The van der Waals surface area contributed by atoms with Gasteiger partial charge in [-0.05, 0) is 52.7 Å². The van der Waals surface area contributed by atoms with Crippen molar-refractivity contribution in [2.24, 2.45) is 5.92 Å². The third kappa shape index (κ3) is 3.15. The number of anilines is 2. The maximum absolute atomic E-state index is 13.8. The number of carbonyl (C=O) groups is 2. The number of methoxy groups -OCH3 is 1.